The monoisotopic (exact) mass is 412 g/mol. The van der Waals surface area contributed by atoms with E-state index < -0.39 is 23.8 Å². The Bertz CT molecular complexity index is 637. The van der Waals surface area contributed by atoms with Crippen LogP contribution in [-0.2, 0) is 28.7 Å². The average molecular weight is 413 g/mol. The molecule has 1 atom stereocenters. The van der Waals surface area contributed by atoms with Gasteiger partial charge in [-0.2, -0.15) is 0 Å². The molecule has 0 aliphatic heterocycles. The van der Waals surface area contributed by atoms with Crippen molar-refractivity contribution in [2.24, 2.45) is 5.92 Å². The smallest absolute Gasteiger partial charge is 0.331 e. The van der Waals surface area contributed by atoms with Gasteiger partial charge in [-0.05, 0) is 31.2 Å². The van der Waals surface area contributed by atoms with Gasteiger partial charge in [0.05, 0.1) is 13.2 Å². The summed E-state index contributed by atoms with van der Waals surface area (Å²) in [6.07, 6.45) is 2.25. The number of ether oxygens (including phenoxy) is 3. The summed E-state index contributed by atoms with van der Waals surface area (Å²) >= 11 is 3.25. The van der Waals surface area contributed by atoms with Crippen LogP contribution >= 0.6 is 15.9 Å². The third-order valence-corrected chi connectivity index (χ3v) is 3.34. The van der Waals surface area contributed by atoms with Gasteiger partial charge in [0.1, 0.15) is 18.0 Å². The fourth-order valence-corrected chi connectivity index (χ4v) is 1.86. The maximum absolute atomic E-state index is 11.9. The lowest BCUT2D eigenvalue weighted by Gasteiger charge is -2.10. The summed E-state index contributed by atoms with van der Waals surface area (Å²) in [6, 6.07) is 6.53. The summed E-state index contributed by atoms with van der Waals surface area (Å²) in [4.78, 5) is 45.4. The zero-order valence-corrected chi connectivity index (χ0v) is 15.1. The van der Waals surface area contributed by atoms with Crippen molar-refractivity contribution in [1.29, 1.82) is 0 Å². The van der Waals surface area contributed by atoms with Crippen molar-refractivity contribution in [3.63, 3.8) is 0 Å². The van der Waals surface area contributed by atoms with Gasteiger partial charge in [-0.15, -0.1) is 0 Å². The van der Waals surface area contributed by atoms with Crippen molar-refractivity contribution in [1.82, 2.24) is 0 Å². The molecule has 1 aromatic carbocycles. The fourth-order valence-electron chi connectivity index (χ4n) is 1.60. The predicted octanol–water partition coefficient (Wildman–Crippen LogP) is 2.22. The Hall–Kier alpha value is -2.48. The first-order valence-electron chi connectivity index (χ1n) is 7.40. The standard InChI is InChI=1S/C17H17BrO7/c1-2-23-15(20)7-8-16(21)24-10-9-12(11-19)17(22)25-14-5-3-13(18)4-6-14/h3-8,11-12H,2,9-10H2,1H3/b8-7+. The van der Waals surface area contributed by atoms with Crippen LogP contribution in [-0.4, -0.2) is 37.4 Å². The molecular weight excluding hydrogens is 396 g/mol. The van der Waals surface area contributed by atoms with Gasteiger partial charge in [0, 0.05) is 23.0 Å². The number of benzene rings is 1. The summed E-state index contributed by atoms with van der Waals surface area (Å²) in [5.41, 5.74) is 0. The minimum absolute atomic E-state index is 0.0299. The zero-order chi connectivity index (χ0) is 18.7. The normalized spacial score (nSPS) is 11.6. The van der Waals surface area contributed by atoms with Gasteiger partial charge in [0.25, 0.3) is 0 Å². The van der Waals surface area contributed by atoms with Crippen LogP contribution in [0.25, 0.3) is 0 Å². The minimum Gasteiger partial charge on any atom is -0.463 e. The summed E-state index contributed by atoms with van der Waals surface area (Å²) in [6.45, 7) is 1.65. The number of carbonyl (C=O) groups is 4. The lowest BCUT2D eigenvalue weighted by molar-refractivity contribution is -0.145. The van der Waals surface area contributed by atoms with Crippen LogP contribution in [0.5, 0.6) is 5.75 Å². The molecule has 134 valence electrons. The molecule has 0 aromatic heterocycles. The number of rotatable bonds is 9. The first kappa shape index (κ1) is 20.6. The highest BCUT2D eigenvalue weighted by atomic mass is 79.9. The number of hydrogen-bond donors (Lipinski definition) is 0. The molecular formula is C17H17BrO7. The Morgan fingerprint density at radius 2 is 1.68 bits per heavy atom. The summed E-state index contributed by atoms with van der Waals surface area (Å²) in [5, 5.41) is 0. The number of hydrogen-bond acceptors (Lipinski definition) is 7. The molecule has 1 aromatic rings. The summed E-state index contributed by atoms with van der Waals surface area (Å²) < 4.78 is 15.3. The second kappa shape index (κ2) is 11.1. The lowest BCUT2D eigenvalue weighted by atomic mass is 10.1. The third kappa shape index (κ3) is 8.25. The molecule has 0 heterocycles. The van der Waals surface area contributed by atoms with E-state index in [1.165, 1.54) is 0 Å². The molecule has 8 heteroatoms. The van der Waals surface area contributed by atoms with Gasteiger partial charge in [-0.3, -0.25) is 4.79 Å². The topological polar surface area (TPSA) is 96.0 Å². The molecule has 0 saturated heterocycles. The Labute approximate surface area is 153 Å². The van der Waals surface area contributed by atoms with E-state index in [1.54, 1.807) is 31.2 Å². The van der Waals surface area contributed by atoms with Crippen molar-refractivity contribution in [2.45, 2.75) is 13.3 Å². The van der Waals surface area contributed by atoms with Crippen molar-refractivity contribution in [3.8, 4) is 5.75 Å². The van der Waals surface area contributed by atoms with E-state index in [0.29, 0.717) is 12.0 Å². The van der Waals surface area contributed by atoms with E-state index in [2.05, 4.69) is 20.7 Å². The van der Waals surface area contributed by atoms with E-state index in [0.717, 1.165) is 16.6 Å². The lowest BCUT2D eigenvalue weighted by Crippen LogP contribution is -2.23. The zero-order valence-electron chi connectivity index (χ0n) is 13.5. The molecule has 0 amide bonds. The van der Waals surface area contributed by atoms with Crippen molar-refractivity contribution in [3.05, 3.63) is 40.9 Å². The van der Waals surface area contributed by atoms with Crippen LogP contribution in [0, 0.1) is 5.92 Å². The molecule has 0 aliphatic carbocycles. The molecule has 0 saturated carbocycles. The van der Waals surface area contributed by atoms with Crippen LogP contribution in [0.2, 0.25) is 0 Å². The minimum atomic E-state index is -1.06. The molecule has 1 rings (SSSR count). The first-order chi connectivity index (χ1) is 12.0. The molecule has 0 aliphatic rings. The third-order valence-electron chi connectivity index (χ3n) is 2.81. The van der Waals surface area contributed by atoms with Crippen LogP contribution in [0.15, 0.2) is 40.9 Å². The Morgan fingerprint density at radius 3 is 2.24 bits per heavy atom. The fraction of sp³-hybridized carbons (Fsp3) is 0.294. The van der Waals surface area contributed by atoms with Gasteiger partial charge >= 0.3 is 17.9 Å². The van der Waals surface area contributed by atoms with Gasteiger partial charge in [0.2, 0.25) is 0 Å². The molecule has 0 radical (unpaired) electrons. The molecule has 0 bridgehead atoms. The SMILES string of the molecule is CCOC(=O)/C=C/C(=O)OCCC(C=O)C(=O)Oc1ccc(Br)cc1. The largest absolute Gasteiger partial charge is 0.463 e. The Balaban J connectivity index is 2.41. The molecule has 25 heavy (non-hydrogen) atoms. The summed E-state index contributed by atoms with van der Waals surface area (Å²) in [7, 11) is 0. The number of halogens is 1. The quantitative estimate of drug-likeness (QED) is 0.201. The summed E-state index contributed by atoms with van der Waals surface area (Å²) in [5.74, 6) is -2.95. The van der Waals surface area contributed by atoms with Crippen molar-refractivity contribution in [2.75, 3.05) is 13.2 Å². The van der Waals surface area contributed by atoms with Gasteiger partial charge < -0.3 is 19.0 Å². The van der Waals surface area contributed by atoms with Crippen molar-refractivity contribution < 1.29 is 33.4 Å². The Morgan fingerprint density at radius 1 is 1.08 bits per heavy atom. The van der Waals surface area contributed by atoms with Crippen LogP contribution in [0.3, 0.4) is 0 Å². The van der Waals surface area contributed by atoms with Gasteiger partial charge in [0.15, 0.2) is 0 Å². The predicted molar refractivity (Wildman–Crippen MR) is 90.7 cm³/mol. The van der Waals surface area contributed by atoms with Crippen LogP contribution < -0.4 is 4.74 Å². The van der Waals surface area contributed by atoms with Crippen LogP contribution in [0.4, 0.5) is 0 Å². The highest BCUT2D eigenvalue weighted by Gasteiger charge is 2.20. The maximum Gasteiger partial charge on any atom is 0.331 e. The second-order valence-corrected chi connectivity index (χ2v) is 5.57. The molecule has 0 N–H and O–H groups in total. The first-order valence-corrected chi connectivity index (χ1v) is 8.19. The van der Waals surface area contributed by atoms with E-state index in [9.17, 15) is 19.2 Å². The Kier molecular flexibility index (Phi) is 9.16. The van der Waals surface area contributed by atoms with E-state index in [4.69, 9.17) is 9.47 Å². The van der Waals surface area contributed by atoms with E-state index in [-0.39, 0.29) is 19.6 Å². The number of carbonyl (C=O) groups excluding carboxylic acids is 4. The highest BCUT2D eigenvalue weighted by Crippen LogP contribution is 2.17. The van der Waals surface area contributed by atoms with Crippen LogP contribution in [0.1, 0.15) is 13.3 Å². The number of aldehydes is 1. The maximum atomic E-state index is 11.9. The second-order valence-electron chi connectivity index (χ2n) is 4.66. The van der Waals surface area contributed by atoms with Gasteiger partial charge in [-0.25, -0.2) is 9.59 Å². The molecule has 0 spiro atoms. The highest BCUT2D eigenvalue weighted by molar-refractivity contribution is 9.10. The van der Waals surface area contributed by atoms with E-state index >= 15 is 0 Å². The van der Waals surface area contributed by atoms with Gasteiger partial charge in [-0.1, -0.05) is 15.9 Å². The van der Waals surface area contributed by atoms with E-state index in [1.807, 2.05) is 0 Å². The molecule has 1 unspecified atom stereocenters. The average Bonchev–Trinajstić information content (AvgIpc) is 2.59. The van der Waals surface area contributed by atoms with Crippen molar-refractivity contribution >= 4 is 40.1 Å². The molecule has 0 fully saturated rings. The molecule has 7 nitrogen and oxygen atoms in total. The number of esters is 3.